The molecule has 0 N–H and O–H groups in total. The van der Waals surface area contributed by atoms with Crippen molar-refractivity contribution in [2.24, 2.45) is 5.92 Å². The Balaban J connectivity index is 1.67. The molecule has 7 heteroatoms. The lowest BCUT2D eigenvalue weighted by Gasteiger charge is -2.15. The van der Waals surface area contributed by atoms with Crippen molar-refractivity contribution in [3.63, 3.8) is 0 Å². The van der Waals surface area contributed by atoms with E-state index in [1.807, 2.05) is 0 Å². The molecule has 0 radical (unpaired) electrons. The molecule has 1 aromatic rings. The highest BCUT2D eigenvalue weighted by Gasteiger charge is 2.28. The molecule has 1 saturated carbocycles. The molecule has 164 valence electrons. The van der Waals surface area contributed by atoms with E-state index in [1.165, 1.54) is 57.8 Å². The largest absolute Gasteiger partial charge is 0.420 e. The molecule has 0 spiro atoms. The minimum atomic E-state index is -2.28. The van der Waals surface area contributed by atoms with Crippen molar-refractivity contribution in [1.29, 1.82) is 0 Å². The van der Waals surface area contributed by atoms with Crippen LogP contribution in [0.2, 0.25) is 0 Å². The molecule has 0 aromatic heterocycles. The first-order valence-corrected chi connectivity index (χ1v) is 10.6. The average Bonchev–Trinajstić information content (AvgIpc) is 2.84. The number of hydrogen-bond donors (Lipinski definition) is 0. The van der Waals surface area contributed by atoms with Gasteiger partial charge in [0.2, 0.25) is 34.8 Å². The topological polar surface area (TPSA) is 26.3 Å². The van der Waals surface area contributed by atoms with Crippen LogP contribution < -0.4 is 4.74 Å². The van der Waals surface area contributed by atoms with Gasteiger partial charge < -0.3 is 4.74 Å². The molecule has 2 nitrogen and oxygen atoms in total. The molecule has 1 aromatic carbocycles. The molecule has 0 aliphatic heterocycles. The first kappa shape index (κ1) is 23.6. The number of carbonyl (C=O) groups is 1. The van der Waals surface area contributed by atoms with Crippen molar-refractivity contribution in [3.05, 3.63) is 29.1 Å². The summed E-state index contributed by atoms with van der Waals surface area (Å²) in [6.07, 6.45) is 14.7. The van der Waals surface area contributed by atoms with Crippen molar-refractivity contribution in [3.8, 4) is 5.75 Å². The minimum absolute atomic E-state index is 0.136. The summed E-state index contributed by atoms with van der Waals surface area (Å²) < 4.78 is 70.6. The van der Waals surface area contributed by atoms with E-state index in [4.69, 9.17) is 0 Å². The lowest BCUT2D eigenvalue weighted by atomic mass is 9.91. The number of halogens is 5. The van der Waals surface area contributed by atoms with Crippen molar-refractivity contribution in [1.82, 2.24) is 0 Å². The van der Waals surface area contributed by atoms with Gasteiger partial charge in [-0.25, -0.2) is 13.2 Å². The fourth-order valence-electron chi connectivity index (χ4n) is 3.90. The third-order valence-corrected chi connectivity index (χ3v) is 5.60. The van der Waals surface area contributed by atoms with Gasteiger partial charge in [0.05, 0.1) is 0 Å². The van der Waals surface area contributed by atoms with Gasteiger partial charge >= 0.3 is 5.97 Å². The average molecular weight is 420 g/mol. The Hall–Kier alpha value is -1.66. The van der Waals surface area contributed by atoms with Crippen LogP contribution >= 0.6 is 0 Å². The van der Waals surface area contributed by atoms with E-state index in [0.717, 1.165) is 25.2 Å². The van der Waals surface area contributed by atoms with Gasteiger partial charge in [0.25, 0.3) is 0 Å². The lowest BCUT2D eigenvalue weighted by molar-refractivity contribution is -0.135. The summed E-state index contributed by atoms with van der Waals surface area (Å²) in [5.41, 5.74) is 0. The maximum atomic E-state index is 13.5. The summed E-state index contributed by atoms with van der Waals surface area (Å²) in [5.74, 6) is -12.6. The van der Waals surface area contributed by atoms with Crippen LogP contribution in [0, 0.1) is 35.0 Å². The van der Waals surface area contributed by atoms with Crippen LogP contribution in [0.1, 0.15) is 89.9 Å². The van der Waals surface area contributed by atoms with Gasteiger partial charge in [-0.2, -0.15) is 8.78 Å². The maximum Gasteiger partial charge on any atom is 0.311 e. The molecule has 0 atom stereocenters. The van der Waals surface area contributed by atoms with Crippen molar-refractivity contribution in [2.45, 2.75) is 89.9 Å². The van der Waals surface area contributed by atoms with Crippen LogP contribution in [0.15, 0.2) is 0 Å². The van der Waals surface area contributed by atoms with Crippen LogP contribution in [0.4, 0.5) is 22.0 Å². The predicted octanol–water partition coefficient (Wildman–Crippen LogP) is 7.38. The fourth-order valence-corrected chi connectivity index (χ4v) is 3.90. The normalized spacial score (nSPS) is 16.2. The fraction of sp³-hybridized carbons (Fsp3) is 0.682. The first-order valence-electron chi connectivity index (χ1n) is 10.6. The summed E-state index contributed by atoms with van der Waals surface area (Å²) in [5, 5.41) is 0. The Morgan fingerprint density at radius 2 is 1.17 bits per heavy atom. The van der Waals surface area contributed by atoms with E-state index < -0.39 is 40.8 Å². The number of esters is 1. The van der Waals surface area contributed by atoms with Gasteiger partial charge in [-0.1, -0.05) is 77.0 Å². The van der Waals surface area contributed by atoms with E-state index >= 15 is 0 Å². The van der Waals surface area contributed by atoms with Gasteiger partial charge in [-0.15, -0.1) is 0 Å². The Labute approximate surface area is 168 Å². The van der Waals surface area contributed by atoms with Gasteiger partial charge in [0.1, 0.15) is 0 Å². The monoisotopic (exact) mass is 420 g/mol. The highest BCUT2D eigenvalue weighted by Crippen LogP contribution is 2.30. The van der Waals surface area contributed by atoms with Gasteiger partial charge in [-0.3, -0.25) is 4.79 Å². The van der Waals surface area contributed by atoms with E-state index in [2.05, 4.69) is 4.74 Å². The third kappa shape index (κ3) is 7.27. The van der Waals surface area contributed by atoms with Crippen LogP contribution in [0.5, 0.6) is 5.75 Å². The standard InChI is InChI=1S/C22H29F5O2/c23-17-18(24)20(26)22(21(27)19(17)25)29-16(28)14-10-6-5-9-13-15-11-7-3-1-2-4-8-12-15/h15H,1-14H2. The van der Waals surface area contributed by atoms with E-state index in [-0.39, 0.29) is 6.42 Å². The molecule has 1 aliphatic carbocycles. The minimum Gasteiger partial charge on any atom is -0.420 e. The smallest absolute Gasteiger partial charge is 0.311 e. The second-order valence-corrected chi connectivity index (χ2v) is 7.89. The zero-order valence-corrected chi connectivity index (χ0v) is 16.7. The molecule has 0 bridgehead atoms. The molecule has 2 rings (SSSR count). The number of benzene rings is 1. The van der Waals surface area contributed by atoms with Crippen molar-refractivity contribution < 1.29 is 31.5 Å². The molecule has 0 heterocycles. The quantitative estimate of drug-likeness (QED) is 0.110. The van der Waals surface area contributed by atoms with Crippen LogP contribution in [-0.2, 0) is 4.79 Å². The number of rotatable bonds is 8. The summed E-state index contributed by atoms with van der Waals surface area (Å²) in [4.78, 5) is 11.7. The molecule has 1 fully saturated rings. The van der Waals surface area contributed by atoms with E-state index in [0.29, 0.717) is 6.42 Å². The van der Waals surface area contributed by atoms with Crippen molar-refractivity contribution >= 4 is 5.97 Å². The Morgan fingerprint density at radius 1 is 0.690 bits per heavy atom. The van der Waals surface area contributed by atoms with E-state index in [9.17, 15) is 26.7 Å². The molecular formula is C22H29F5O2. The summed E-state index contributed by atoms with van der Waals surface area (Å²) in [7, 11) is 0. The van der Waals surface area contributed by atoms with Gasteiger partial charge in [0, 0.05) is 6.42 Å². The number of unbranched alkanes of at least 4 members (excludes halogenated alkanes) is 3. The second kappa shape index (κ2) is 12.1. The maximum absolute atomic E-state index is 13.5. The molecule has 1 aliphatic rings. The van der Waals surface area contributed by atoms with Gasteiger partial charge in [0.15, 0.2) is 0 Å². The van der Waals surface area contributed by atoms with Crippen LogP contribution in [0.25, 0.3) is 0 Å². The Morgan fingerprint density at radius 3 is 1.76 bits per heavy atom. The third-order valence-electron chi connectivity index (χ3n) is 5.60. The summed E-state index contributed by atoms with van der Waals surface area (Å²) in [6.45, 7) is 0. The number of carbonyl (C=O) groups excluding carboxylic acids is 1. The SMILES string of the molecule is O=C(CCCCCCC1CCCCCCCC1)Oc1c(F)c(F)c(F)c(F)c1F. The highest BCUT2D eigenvalue weighted by atomic mass is 19.2. The lowest BCUT2D eigenvalue weighted by Crippen LogP contribution is -2.13. The molecule has 0 unspecified atom stereocenters. The van der Waals surface area contributed by atoms with Gasteiger partial charge in [-0.05, 0) is 12.3 Å². The summed E-state index contributed by atoms with van der Waals surface area (Å²) >= 11 is 0. The zero-order chi connectivity index (χ0) is 21.2. The predicted molar refractivity (Wildman–Crippen MR) is 100.0 cm³/mol. The van der Waals surface area contributed by atoms with Crippen molar-refractivity contribution in [2.75, 3.05) is 0 Å². The highest BCUT2D eigenvalue weighted by molar-refractivity contribution is 5.72. The number of hydrogen-bond acceptors (Lipinski definition) is 2. The van der Waals surface area contributed by atoms with E-state index in [1.54, 1.807) is 0 Å². The Kier molecular flexibility index (Phi) is 9.88. The summed E-state index contributed by atoms with van der Waals surface area (Å²) in [6, 6.07) is 0. The van der Waals surface area contributed by atoms with Crippen LogP contribution in [0.3, 0.4) is 0 Å². The molecule has 29 heavy (non-hydrogen) atoms. The molecule has 0 amide bonds. The first-order chi connectivity index (χ1) is 13.9. The second-order valence-electron chi connectivity index (χ2n) is 7.89. The van der Waals surface area contributed by atoms with Crippen LogP contribution in [-0.4, -0.2) is 5.97 Å². The Bertz CT molecular complexity index is 639. The molecular weight excluding hydrogens is 391 g/mol. The molecule has 0 saturated heterocycles. The zero-order valence-electron chi connectivity index (χ0n) is 16.7. The number of ether oxygens (including phenoxy) is 1.